The van der Waals surface area contributed by atoms with Crippen molar-refractivity contribution < 1.29 is 17.6 Å². The molecule has 0 saturated carbocycles. The Kier molecular flexibility index (Phi) is 6.41. The first-order valence-electron chi connectivity index (χ1n) is 9.73. The van der Waals surface area contributed by atoms with E-state index in [0.717, 1.165) is 27.9 Å². The number of sulfone groups is 1. The Balaban J connectivity index is 2.01. The fourth-order valence-corrected chi connectivity index (χ4v) is 3.95. The molecule has 158 valence electrons. The van der Waals surface area contributed by atoms with Crippen LogP contribution >= 0.6 is 0 Å². The molecule has 1 N–H and O–H groups in total. The van der Waals surface area contributed by atoms with E-state index in [4.69, 9.17) is 0 Å². The molecule has 0 atom stereocenters. The highest BCUT2D eigenvalue weighted by Gasteiger charge is 2.16. The third-order valence-electron chi connectivity index (χ3n) is 5.03. The third kappa shape index (κ3) is 4.97. The molecule has 1 heterocycles. The fourth-order valence-electron chi connectivity index (χ4n) is 3.29. The van der Waals surface area contributed by atoms with E-state index >= 15 is 0 Å². The lowest BCUT2D eigenvalue weighted by Gasteiger charge is -2.15. The molecule has 3 rings (SSSR count). The van der Waals surface area contributed by atoms with Gasteiger partial charge >= 0.3 is 0 Å². The van der Waals surface area contributed by atoms with Crippen molar-refractivity contribution in [3.8, 4) is 16.8 Å². The van der Waals surface area contributed by atoms with Crippen LogP contribution in [0.15, 0.2) is 59.8 Å². The minimum Gasteiger partial charge on any atom is -0.356 e. The molecule has 0 unspecified atom stereocenters. The molecule has 30 heavy (non-hydrogen) atoms. The van der Waals surface area contributed by atoms with Gasteiger partial charge in [0.2, 0.25) is 5.91 Å². The second kappa shape index (κ2) is 8.83. The molecule has 0 spiro atoms. The van der Waals surface area contributed by atoms with Crippen molar-refractivity contribution in [2.24, 2.45) is 0 Å². The van der Waals surface area contributed by atoms with E-state index in [2.05, 4.69) is 5.32 Å². The van der Waals surface area contributed by atoms with E-state index in [1.807, 2.05) is 36.9 Å². The number of aromatic nitrogens is 1. The van der Waals surface area contributed by atoms with Crippen molar-refractivity contribution in [1.29, 1.82) is 0 Å². The fraction of sp³-hybridized carbons (Fsp3) is 0.261. The Morgan fingerprint density at radius 2 is 1.83 bits per heavy atom. The molecule has 0 bridgehead atoms. The van der Waals surface area contributed by atoms with Crippen molar-refractivity contribution in [3.63, 3.8) is 0 Å². The summed E-state index contributed by atoms with van der Waals surface area (Å²) < 4.78 is 39.8. The van der Waals surface area contributed by atoms with Crippen LogP contribution in [-0.2, 0) is 21.1 Å². The van der Waals surface area contributed by atoms with Gasteiger partial charge in [0, 0.05) is 37.3 Å². The summed E-state index contributed by atoms with van der Waals surface area (Å²) >= 11 is 0. The third-order valence-corrected chi connectivity index (χ3v) is 6.12. The number of amides is 1. The van der Waals surface area contributed by atoms with Gasteiger partial charge in [0.15, 0.2) is 9.84 Å². The zero-order chi connectivity index (χ0) is 21.9. The number of rotatable bonds is 7. The molecular weight excluding hydrogens is 403 g/mol. The lowest BCUT2D eigenvalue weighted by molar-refractivity contribution is -0.120. The molecule has 2 aromatic carbocycles. The number of halogens is 1. The summed E-state index contributed by atoms with van der Waals surface area (Å²) in [6.45, 7) is 4.27. The molecule has 0 saturated heterocycles. The van der Waals surface area contributed by atoms with E-state index in [1.165, 1.54) is 18.4 Å². The van der Waals surface area contributed by atoms with Gasteiger partial charge in [0.05, 0.1) is 4.90 Å². The van der Waals surface area contributed by atoms with Crippen molar-refractivity contribution in [2.45, 2.75) is 31.6 Å². The van der Waals surface area contributed by atoms with Gasteiger partial charge in [-0.15, -0.1) is 0 Å². The predicted molar refractivity (Wildman–Crippen MR) is 116 cm³/mol. The molecule has 3 aromatic rings. The van der Waals surface area contributed by atoms with Gasteiger partial charge in [0.25, 0.3) is 0 Å². The van der Waals surface area contributed by atoms with Gasteiger partial charge in [-0.3, -0.25) is 4.79 Å². The smallest absolute Gasteiger partial charge is 0.219 e. The second-order valence-corrected chi connectivity index (χ2v) is 9.29. The van der Waals surface area contributed by atoms with Crippen LogP contribution in [0.5, 0.6) is 0 Å². The zero-order valence-corrected chi connectivity index (χ0v) is 18.1. The van der Waals surface area contributed by atoms with Gasteiger partial charge in [0.1, 0.15) is 5.82 Å². The summed E-state index contributed by atoms with van der Waals surface area (Å²) in [5.41, 5.74) is 4.13. The molecular formula is C23H25FN2O3S. The SMILES string of the molecule is CCC(=O)NCCc1ccn(-c2cc(S(C)(=O)=O)cc(-c3ccc(F)cc3)c2C)c1. The number of hydrogen-bond acceptors (Lipinski definition) is 3. The highest BCUT2D eigenvalue weighted by molar-refractivity contribution is 7.90. The molecule has 0 radical (unpaired) electrons. The molecule has 0 fully saturated rings. The molecule has 0 aliphatic carbocycles. The van der Waals surface area contributed by atoms with E-state index in [-0.39, 0.29) is 16.6 Å². The Morgan fingerprint density at radius 1 is 1.13 bits per heavy atom. The van der Waals surface area contributed by atoms with Gasteiger partial charge in [-0.2, -0.15) is 0 Å². The van der Waals surface area contributed by atoms with E-state index < -0.39 is 9.84 Å². The summed E-state index contributed by atoms with van der Waals surface area (Å²) in [6, 6.07) is 11.2. The molecule has 1 amide bonds. The van der Waals surface area contributed by atoms with Crippen molar-refractivity contribution in [1.82, 2.24) is 9.88 Å². The van der Waals surface area contributed by atoms with E-state index in [9.17, 15) is 17.6 Å². The number of hydrogen-bond donors (Lipinski definition) is 1. The van der Waals surface area contributed by atoms with Crippen LogP contribution in [0.1, 0.15) is 24.5 Å². The second-order valence-electron chi connectivity index (χ2n) is 7.27. The Bertz CT molecular complexity index is 1170. The molecule has 7 heteroatoms. The van der Waals surface area contributed by atoms with Crippen LogP contribution in [0.4, 0.5) is 4.39 Å². The van der Waals surface area contributed by atoms with E-state index in [1.54, 1.807) is 24.3 Å². The lowest BCUT2D eigenvalue weighted by atomic mass is 9.99. The summed E-state index contributed by atoms with van der Waals surface area (Å²) in [7, 11) is -3.44. The summed E-state index contributed by atoms with van der Waals surface area (Å²) in [5.74, 6) is -0.337. The van der Waals surface area contributed by atoms with Crippen molar-refractivity contribution in [3.05, 3.63) is 71.8 Å². The maximum absolute atomic E-state index is 13.4. The molecule has 0 aliphatic rings. The van der Waals surface area contributed by atoms with Crippen molar-refractivity contribution in [2.75, 3.05) is 12.8 Å². The van der Waals surface area contributed by atoms with Crippen LogP contribution in [0.3, 0.4) is 0 Å². The van der Waals surface area contributed by atoms with Gasteiger partial charge < -0.3 is 9.88 Å². The number of carbonyl (C=O) groups is 1. The summed E-state index contributed by atoms with van der Waals surface area (Å²) in [4.78, 5) is 11.6. The number of benzene rings is 2. The molecule has 0 aliphatic heterocycles. The maximum atomic E-state index is 13.4. The lowest BCUT2D eigenvalue weighted by Crippen LogP contribution is -2.24. The largest absolute Gasteiger partial charge is 0.356 e. The average Bonchev–Trinajstić information content (AvgIpc) is 3.16. The normalized spacial score (nSPS) is 11.5. The first-order valence-corrected chi connectivity index (χ1v) is 11.6. The zero-order valence-electron chi connectivity index (χ0n) is 17.3. The first kappa shape index (κ1) is 21.8. The Labute approximate surface area is 176 Å². The van der Waals surface area contributed by atoms with Gasteiger partial charge in [-0.1, -0.05) is 19.1 Å². The Morgan fingerprint density at radius 3 is 2.47 bits per heavy atom. The van der Waals surface area contributed by atoms with Crippen LogP contribution in [0.25, 0.3) is 16.8 Å². The predicted octanol–water partition coefficient (Wildman–Crippen LogP) is 4.06. The van der Waals surface area contributed by atoms with E-state index in [0.29, 0.717) is 19.4 Å². The van der Waals surface area contributed by atoms with Crippen LogP contribution < -0.4 is 5.32 Å². The van der Waals surface area contributed by atoms with Gasteiger partial charge in [-0.25, -0.2) is 12.8 Å². The Hall–Kier alpha value is -2.93. The highest BCUT2D eigenvalue weighted by atomic mass is 32.2. The first-order chi connectivity index (χ1) is 14.2. The van der Waals surface area contributed by atoms with Crippen molar-refractivity contribution >= 4 is 15.7 Å². The van der Waals surface area contributed by atoms with Crippen LogP contribution in [0, 0.1) is 12.7 Å². The molecule has 1 aromatic heterocycles. The summed E-state index contributed by atoms with van der Waals surface area (Å²) in [6.07, 6.45) is 6.10. The van der Waals surface area contributed by atoms with Crippen LogP contribution in [0.2, 0.25) is 0 Å². The average molecular weight is 429 g/mol. The quantitative estimate of drug-likeness (QED) is 0.617. The van der Waals surface area contributed by atoms with Gasteiger partial charge in [-0.05, 0) is 65.9 Å². The highest BCUT2D eigenvalue weighted by Crippen LogP contribution is 2.32. The topological polar surface area (TPSA) is 68.2 Å². The minimum absolute atomic E-state index is 0.00932. The number of nitrogens with zero attached hydrogens (tertiary/aromatic N) is 1. The standard InChI is InChI=1S/C23H25FN2O3S/c1-4-23(27)25-11-9-17-10-12-26(15-17)22-14-20(30(3,28)29)13-21(16(22)2)18-5-7-19(24)8-6-18/h5-8,10,12-15H,4,9,11H2,1-3H3,(H,25,27). The monoisotopic (exact) mass is 428 g/mol. The number of nitrogens with one attached hydrogen (secondary N) is 1. The molecule has 5 nitrogen and oxygen atoms in total. The van der Waals surface area contributed by atoms with Crippen LogP contribution in [-0.4, -0.2) is 31.7 Å². The maximum Gasteiger partial charge on any atom is 0.219 e. The minimum atomic E-state index is -3.44. The number of carbonyl (C=O) groups excluding carboxylic acids is 1. The summed E-state index contributed by atoms with van der Waals surface area (Å²) in [5, 5.41) is 2.85.